The average Bonchev–Trinajstić information content (AvgIpc) is 2.83. The first-order chi connectivity index (χ1) is 9.63. The van der Waals surface area contributed by atoms with Crippen LogP contribution in [0.4, 0.5) is 0 Å². The van der Waals surface area contributed by atoms with Crippen molar-refractivity contribution in [2.24, 2.45) is 0 Å². The molecule has 1 unspecified atom stereocenters. The zero-order chi connectivity index (χ0) is 14.1. The second kappa shape index (κ2) is 5.41. The highest BCUT2D eigenvalue weighted by molar-refractivity contribution is 5.35. The first-order valence-electron chi connectivity index (χ1n) is 7.53. The minimum Gasteiger partial charge on any atom is -0.307 e. The topological polar surface area (TPSA) is 12.0 Å². The predicted octanol–water partition coefficient (Wildman–Crippen LogP) is 4.12. The highest BCUT2D eigenvalue weighted by Gasteiger charge is 2.22. The molecule has 0 amide bonds. The number of benzene rings is 2. The van der Waals surface area contributed by atoms with Crippen molar-refractivity contribution in [2.75, 3.05) is 0 Å². The summed E-state index contributed by atoms with van der Waals surface area (Å²) in [6.45, 7) is 6.65. The molecular weight excluding hydrogens is 242 g/mol. The van der Waals surface area contributed by atoms with Gasteiger partial charge in [0.05, 0.1) is 0 Å². The van der Waals surface area contributed by atoms with Crippen molar-refractivity contribution < 1.29 is 0 Å². The van der Waals surface area contributed by atoms with Crippen molar-refractivity contribution in [3.05, 3.63) is 70.3 Å². The lowest BCUT2D eigenvalue weighted by molar-refractivity contribution is 0.466. The quantitative estimate of drug-likeness (QED) is 0.880. The maximum atomic E-state index is 3.81. The van der Waals surface area contributed by atoms with Crippen molar-refractivity contribution in [3.8, 4) is 0 Å². The van der Waals surface area contributed by atoms with E-state index in [2.05, 4.69) is 68.6 Å². The molecule has 0 aromatic heterocycles. The third kappa shape index (κ3) is 2.64. The minimum absolute atomic E-state index is 0.411. The van der Waals surface area contributed by atoms with Crippen LogP contribution in [0, 0.1) is 13.8 Å². The number of fused-ring (bicyclic) bond motifs is 1. The zero-order valence-corrected chi connectivity index (χ0v) is 12.6. The fourth-order valence-corrected chi connectivity index (χ4v) is 3.35. The molecule has 0 bridgehead atoms. The SMILES string of the molecule is Cc1ccc(C)c(C(C)NC2Cc3ccccc3C2)c1. The monoisotopic (exact) mass is 265 g/mol. The van der Waals surface area contributed by atoms with E-state index in [-0.39, 0.29) is 0 Å². The van der Waals surface area contributed by atoms with Crippen LogP contribution < -0.4 is 5.32 Å². The lowest BCUT2D eigenvalue weighted by atomic mass is 9.99. The Morgan fingerprint density at radius 3 is 2.30 bits per heavy atom. The molecule has 20 heavy (non-hydrogen) atoms. The highest BCUT2D eigenvalue weighted by Crippen LogP contribution is 2.25. The Hall–Kier alpha value is -1.60. The third-order valence-corrected chi connectivity index (χ3v) is 4.44. The Morgan fingerprint density at radius 2 is 1.65 bits per heavy atom. The van der Waals surface area contributed by atoms with Crippen molar-refractivity contribution in [1.82, 2.24) is 5.32 Å². The van der Waals surface area contributed by atoms with E-state index in [4.69, 9.17) is 0 Å². The van der Waals surface area contributed by atoms with Crippen molar-refractivity contribution in [1.29, 1.82) is 0 Å². The van der Waals surface area contributed by atoms with Gasteiger partial charge in [-0.25, -0.2) is 0 Å². The number of rotatable bonds is 3. The van der Waals surface area contributed by atoms with Crippen LogP contribution in [-0.4, -0.2) is 6.04 Å². The standard InChI is InChI=1S/C19H23N/c1-13-8-9-14(2)19(10-13)15(3)20-18-11-16-6-4-5-7-17(16)12-18/h4-10,15,18,20H,11-12H2,1-3H3. The van der Waals surface area contributed by atoms with Crippen molar-refractivity contribution >= 4 is 0 Å². The summed E-state index contributed by atoms with van der Waals surface area (Å²) in [4.78, 5) is 0. The molecule has 0 radical (unpaired) electrons. The molecule has 1 nitrogen and oxygen atoms in total. The van der Waals surface area contributed by atoms with Crippen LogP contribution in [0.5, 0.6) is 0 Å². The van der Waals surface area contributed by atoms with E-state index >= 15 is 0 Å². The summed E-state index contributed by atoms with van der Waals surface area (Å²) >= 11 is 0. The maximum Gasteiger partial charge on any atom is 0.0297 e. The van der Waals surface area contributed by atoms with E-state index in [1.165, 1.54) is 27.8 Å². The molecule has 1 heteroatoms. The maximum absolute atomic E-state index is 3.81. The van der Waals surface area contributed by atoms with Crippen LogP contribution >= 0.6 is 0 Å². The van der Waals surface area contributed by atoms with Crippen LogP contribution in [0.3, 0.4) is 0 Å². The summed E-state index contributed by atoms with van der Waals surface area (Å²) in [5.41, 5.74) is 7.18. The first kappa shape index (κ1) is 13.4. The summed E-state index contributed by atoms with van der Waals surface area (Å²) in [6.07, 6.45) is 2.32. The molecular formula is C19H23N. The van der Waals surface area contributed by atoms with Gasteiger partial charge in [-0.3, -0.25) is 0 Å². The molecule has 0 spiro atoms. The number of hydrogen-bond donors (Lipinski definition) is 1. The molecule has 1 atom stereocenters. The summed E-state index contributed by atoms with van der Waals surface area (Å²) < 4.78 is 0. The smallest absolute Gasteiger partial charge is 0.0297 e. The molecule has 1 N–H and O–H groups in total. The zero-order valence-electron chi connectivity index (χ0n) is 12.6. The summed E-state index contributed by atoms with van der Waals surface area (Å²) in [7, 11) is 0. The molecule has 0 aliphatic heterocycles. The van der Waals surface area contributed by atoms with Crippen LogP contribution in [-0.2, 0) is 12.8 Å². The van der Waals surface area contributed by atoms with E-state index in [0.29, 0.717) is 12.1 Å². The Bertz CT molecular complexity index is 590. The Labute approximate surface area is 122 Å². The summed E-state index contributed by atoms with van der Waals surface area (Å²) in [6, 6.07) is 16.5. The lowest BCUT2D eigenvalue weighted by Gasteiger charge is -2.21. The van der Waals surface area contributed by atoms with Crippen molar-refractivity contribution in [3.63, 3.8) is 0 Å². The van der Waals surface area contributed by atoms with E-state index in [0.717, 1.165) is 12.8 Å². The minimum atomic E-state index is 0.411. The van der Waals surface area contributed by atoms with Gasteiger partial charge in [-0.1, -0.05) is 48.0 Å². The van der Waals surface area contributed by atoms with Gasteiger partial charge in [0.1, 0.15) is 0 Å². The molecule has 104 valence electrons. The first-order valence-corrected chi connectivity index (χ1v) is 7.53. The fourth-order valence-electron chi connectivity index (χ4n) is 3.35. The van der Waals surface area contributed by atoms with E-state index in [1.54, 1.807) is 0 Å². The third-order valence-electron chi connectivity index (χ3n) is 4.44. The van der Waals surface area contributed by atoms with Gasteiger partial charge in [-0.15, -0.1) is 0 Å². The Kier molecular flexibility index (Phi) is 3.62. The van der Waals surface area contributed by atoms with Gasteiger partial charge < -0.3 is 5.32 Å². The molecule has 1 aliphatic carbocycles. The normalized spacial score (nSPS) is 16.1. The van der Waals surface area contributed by atoms with Gasteiger partial charge in [-0.05, 0) is 55.9 Å². The molecule has 0 saturated carbocycles. The van der Waals surface area contributed by atoms with E-state index in [1.807, 2.05) is 0 Å². The van der Waals surface area contributed by atoms with Gasteiger partial charge >= 0.3 is 0 Å². The van der Waals surface area contributed by atoms with Crippen LogP contribution in [0.1, 0.15) is 40.8 Å². The van der Waals surface area contributed by atoms with Crippen LogP contribution in [0.25, 0.3) is 0 Å². The molecule has 0 saturated heterocycles. The van der Waals surface area contributed by atoms with E-state index < -0.39 is 0 Å². The molecule has 2 aromatic carbocycles. The lowest BCUT2D eigenvalue weighted by Crippen LogP contribution is -2.32. The second-order valence-corrected chi connectivity index (χ2v) is 6.12. The van der Waals surface area contributed by atoms with Crippen LogP contribution in [0.15, 0.2) is 42.5 Å². The largest absolute Gasteiger partial charge is 0.307 e. The summed E-state index contributed by atoms with van der Waals surface area (Å²) in [5, 5.41) is 3.81. The number of aryl methyl sites for hydroxylation is 2. The fraction of sp³-hybridized carbons (Fsp3) is 0.368. The van der Waals surface area contributed by atoms with Gasteiger partial charge in [0.25, 0.3) is 0 Å². The molecule has 0 fully saturated rings. The molecule has 2 aromatic rings. The van der Waals surface area contributed by atoms with Gasteiger partial charge in [0.2, 0.25) is 0 Å². The number of hydrogen-bond acceptors (Lipinski definition) is 1. The molecule has 3 rings (SSSR count). The Morgan fingerprint density at radius 1 is 1.00 bits per heavy atom. The summed E-state index contributed by atoms with van der Waals surface area (Å²) in [5.74, 6) is 0. The van der Waals surface area contributed by atoms with E-state index in [9.17, 15) is 0 Å². The molecule has 1 aliphatic rings. The van der Waals surface area contributed by atoms with Gasteiger partial charge in [-0.2, -0.15) is 0 Å². The predicted molar refractivity (Wildman–Crippen MR) is 85.1 cm³/mol. The second-order valence-electron chi connectivity index (χ2n) is 6.12. The van der Waals surface area contributed by atoms with Gasteiger partial charge in [0.15, 0.2) is 0 Å². The average molecular weight is 265 g/mol. The van der Waals surface area contributed by atoms with Crippen molar-refractivity contribution in [2.45, 2.75) is 45.7 Å². The number of nitrogens with one attached hydrogen (secondary N) is 1. The van der Waals surface area contributed by atoms with Crippen LogP contribution in [0.2, 0.25) is 0 Å². The Balaban J connectivity index is 1.72. The highest BCUT2D eigenvalue weighted by atomic mass is 14.9. The molecule has 0 heterocycles. The van der Waals surface area contributed by atoms with Gasteiger partial charge in [0, 0.05) is 12.1 Å².